The van der Waals surface area contributed by atoms with Crippen LogP contribution in [0.3, 0.4) is 0 Å². The van der Waals surface area contributed by atoms with Crippen molar-refractivity contribution in [3.8, 4) is 0 Å². The molecule has 8 fully saturated rings. The van der Waals surface area contributed by atoms with Crippen LogP contribution in [0.1, 0.15) is 128 Å². The van der Waals surface area contributed by atoms with E-state index in [9.17, 15) is 101 Å². The standard InChI is InChI=1S/C75H116N4O39S2/c1-5-15-52(87)76-60-64(91)68(45(29-80)108-72(60)101-24-23-39(37-19-11-9-12-20-37)38-21-13-10-14-22-38)115-57-26-41(83)47(32-103-57)110-73-61(77-53(88)16-6-2)65(92)69(46(30-81)109-73)116-58-27-42(84)48(33-104-58)111-75-63(79-55(90)18-8-4)67(94)71(51(114-75)36-107-120(98,99)100)118-59-28-43(85)49(34-105-59)112-74-62(78-54(89)17-7-3)66(93)70(50(113-74)35-106-119(95,96)97)117-56-25-40(82)44(86)31-102-56/h9-14,19-22,39-51,56-75,80-86,91-94H,5-8,15-18,23-36H2,1-4H3,(H,76,87)(H,77,88)(H,78,89)(H,79,90)(H,95,96,97)(H,98,99,100)/t40-,41-,42-,43-,44+,45?,46?,47-,48+,49+,50?,51?,56-,57-,58-,59-,60?,61?,62?,63?,64+,65+,66+,67+,68+,69+,70+,71+,72+,73-,74-,75+/m0/s1. The number of carbonyl (C=O) groups excluding carboxylic acids is 4. The largest absolute Gasteiger partial charge is 0.397 e. The fraction of sp³-hybridized carbons (Fsp3) is 0.787. The van der Waals surface area contributed by atoms with Gasteiger partial charge in [0.25, 0.3) is 0 Å². The summed E-state index contributed by atoms with van der Waals surface area (Å²) < 4.78 is 174. The molecule has 8 aliphatic rings. The van der Waals surface area contributed by atoms with Gasteiger partial charge >= 0.3 is 20.8 Å². The SMILES string of the molecule is CCCC(=O)NC1[C@H](OCCC(c2ccccc2)c2ccccc2)OC(CO)[C@@H](O[C@H]2C[C@H](O)[C@@H](O[C@@H]3OC(CO)[C@@H](O[C@H]4C[C@H](O)[C@H](O[C@@H]5OC(COS(=O)(=O)O)[C@@H](O[C@H]6C[C@H](O)[C@H](O[C@H]7OC(COS(=O)(=O)O)[C@@H](O[C@H]8C[C@H](O)[C@H](O)CO8)[C@H](O)C7NC(=O)CCC)CO6)[C@H](O)C5NC(=O)CCC)CO4)[C@H](O)C3NC(=O)CCC)CO2)[C@@H]1O. The molecule has 0 spiro atoms. The van der Waals surface area contributed by atoms with E-state index in [4.69, 9.17) is 80.0 Å². The highest BCUT2D eigenvalue weighted by atomic mass is 32.3. The maximum atomic E-state index is 13.5. The first-order valence-corrected chi connectivity index (χ1v) is 43.2. The number of amides is 4. The third kappa shape index (κ3) is 27.0. The Morgan fingerprint density at radius 3 is 0.992 bits per heavy atom. The molecule has 2 aromatic carbocycles. The molecule has 4 amide bonds. The summed E-state index contributed by atoms with van der Waals surface area (Å²) in [5, 5.41) is 136. The molecule has 0 aliphatic carbocycles. The third-order valence-electron chi connectivity index (χ3n) is 21.5. The minimum atomic E-state index is -5.30. The van der Waals surface area contributed by atoms with Crippen LogP contribution in [0.15, 0.2) is 60.7 Å². The predicted octanol–water partition coefficient (Wildman–Crippen LogP) is -4.18. The minimum absolute atomic E-state index is 0.0477. The van der Waals surface area contributed by atoms with Crippen molar-refractivity contribution in [1.29, 1.82) is 0 Å². The Kier molecular flexibility index (Phi) is 37.2. The van der Waals surface area contributed by atoms with E-state index in [1.54, 1.807) is 20.8 Å². The van der Waals surface area contributed by atoms with Crippen LogP contribution < -0.4 is 21.3 Å². The van der Waals surface area contributed by atoms with E-state index in [0.29, 0.717) is 25.7 Å². The van der Waals surface area contributed by atoms with E-state index in [1.165, 1.54) is 0 Å². The van der Waals surface area contributed by atoms with Crippen LogP contribution in [0, 0.1) is 0 Å². The molecule has 2 aromatic rings. The lowest BCUT2D eigenvalue weighted by atomic mass is 9.89. The summed E-state index contributed by atoms with van der Waals surface area (Å²) in [6.45, 7) is 1.16. The Balaban J connectivity index is 0.764. The summed E-state index contributed by atoms with van der Waals surface area (Å²) in [6, 6.07) is 13.6. The van der Waals surface area contributed by atoms with Crippen molar-refractivity contribution in [3.63, 3.8) is 0 Å². The molecule has 43 nitrogen and oxygen atoms in total. The van der Waals surface area contributed by atoms with Gasteiger partial charge in [-0.15, -0.1) is 0 Å². The van der Waals surface area contributed by atoms with Crippen LogP contribution in [0.2, 0.25) is 0 Å². The lowest BCUT2D eigenvalue weighted by molar-refractivity contribution is -0.352. The van der Waals surface area contributed by atoms with Crippen molar-refractivity contribution in [2.45, 2.75) is 314 Å². The lowest BCUT2D eigenvalue weighted by Gasteiger charge is -2.48. The van der Waals surface area contributed by atoms with Crippen LogP contribution in [-0.2, 0) is 124 Å². The Bertz CT molecular complexity index is 3670. The Labute approximate surface area is 693 Å². The zero-order valence-corrected chi connectivity index (χ0v) is 68.3. The molecule has 8 unspecified atom stereocenters. The van der Waals surface area contributed by atoms with Gasteiger partial charge in [-0.3, -0.25) is 28.3 Å². The first-order valence-electron chi connectivity index (χ1n) is 40.4. The molecule has 8 heterocycles. The van der Waals surface area contributed by atoms with Gasteiger partial charge in [-0.2, -0.15) is 16.8 Å². The summed E-state index contributed by atoms with van der Waals surface area (Å²) in [5.41, 5.74) is 2.07. The van der Waals surface area contributed by atoms with Crippen LogP contribution in [-0.4, -0.2) is 362 Å². The number of hydrogen-bond acceptors (Lipinski definition) is 37. The van der Waals surface area contributed by atoms with Crippen molar-refractivity contribution in [3.05, 3.63) is 71.8 Å². The monoisotopic (exact) mass is 1760 g/mol. The van der Waals surface area contributed by atoms with Gasteiger partial charge < -0.3 is 153 Å². The number of hydrogen-bond donors (Lipinski definition) is 17. The molecule has 8 saturated heterocycles. The Morgan fingerprint density at radius 2 is 0.692 bits per heavy atom. The zero-order valence-electron chi connectivity index (χ0n) is 66.6. The zero-order chi connectivity index (χ0) is 86.7. The van der Waals surface area contributed by atoms with Gasteiger partial charge in [-0.1, -0.05) is 88.4 Å². The second-order valence-corrected chi connectivity index (χ2v) is 32.8. The van der Waals surface area contributed by atoms with Crippen LogP contribution in [0.4, 0.5) is 0 Å². The van der Waals surface area contributed by atoms with Crippen molar-refractivity contribution in [1.82, 2.24) is 21.3 Å². The van der Waals surface area contributed by atoms with Gasteiger partial charge in [0.15, 0.2) is 50.3 Å². The molecular formula is C75H116N4O39S2. The molecule has 17 N–H and O–H groups in total. The van der Waals surface area contributed by atoms with Gasteiger partial charge in [0.05, 0.1) is 83.9 Å². The first kappa shape index (κ1) is 97.2. The summed E-state index contributed by atoms with van der Waals surface area (Å²) in [5.74, 6) is -2.41. The number of nitrogens with one attached hydrogen (secondary N) is 4. The van der Waals surface area contributed by atoms with Gasteiger partial charge in [0.1, 0.15) is 122 Å². The van der Waals surface area contributed by atoms with Crippen LogP contribution in [0.25, 0.3) is 0 Å². The molecule has 32 atom stereocenters. The van der Waals surface area contributed by atoms with E-state index < -0.39 is 307 Å². The molecule has 120 heavy (non-hydrogen) atoms. The number of aliphatic hydroxyl groups excluding tert-OH is 11. The summed E-state index contributed by atoms with van der Waals surface area (Å²) in [6.07, 6.45) is -43.8. The van der Waals surface area contributed by atoms with E-state index in [0.717, 1.165) is 11.1 Å². The average molecular weight is 1760 g/mol. The highest BCUT2D eigenvalue weighted by Crippen LogP contribution is 2.38. The van der Waals surface area contributed by atoms with E-state index in [2.05, 4.69) is 25.5 Å². The normalized spacial score (nSPS) is 37.8. The van der Waals surface area contributed by atoms with Crippen LogP contribution in [0.5, 0.6) is 0 Å². The van der Waals surface area contributed by atoms with Crippen molar-refractivity contribution in [2.24, 2.45) is 0 Å². The Morgan fingerprint density at radius 1 is 0.400 bits per heavy atom. The topological polar surface area (TPSA) is 614 Å². The third-order valence-corrected chi connectivity index (χ3v) is 22.4. The van der Waals surface area contributed by atoms with Gasteiger partial charge in [0, 0.05) is 57.3 Å². The summed E-state index contributed by atoms with van der Waals surface area (Å²) in [7, 11) is -10.5. The smallest absolute Gasteiger partial charge is 0.394 e. The second kappa shape index (κ2) is 45.9. The molecule has 45 heteroatoms. The second-order valence-electron chi connectivity index (χ2n) is 30.6. The Hall–Kier alpha value is -5.02. The average Bonchev–Trinajstić information content (AvgIpc) is 0.785. The highest BCUT2D eigenvalue weighted by molar-refractivity contribution is 7.81. The number of benzene rings is 2. The molecule has 0 bridgehead atoms. The summed E-state index contributed by atoms with van der Waals surface area (Å²) in [4.78, 5) is 53.2. The predicted molar refractivity (Wildman–Crippen MR) is 402 cm³/mol. The molecule has 0 aromatic heterocycles. The van der Waals surface area contributed by atoms with Crippen LogP contribution >= 0.6 is 0 Å². The first-order chi connectivity index (χ1) is 57.3. The molecule has 0 radical (unpaired) electrons. The number of rotatable bonds is 40. The fourth-order valence-electron chi connectivity index (χ4n) is 15.4. The van der Waals surface area contributed by atoms with Crippen molar-refractivity contribution >= 4 is 44.4 Å². The number of carbonyl (C=O) groups is 4. The molecular weight excluding hydrogens is 1640 g/mol. The molecule has 0 saturated carbocycles. The van der Waals surface area contributed by atoms with E-state index in [1.807, 2.05) is 67.6 Å². The maximum Gasteiger partial charge on any atom is 0.397 e. The lowest BCUT2D eigenvalue weighted by Crippen LogP contribution is -2.68. The quantitative estimate of drug-likeness (QED) is 0.0281. The van der Waals surface area contributed by atoms with Gasteiger partial charge in [0.2, 0.25) is 23.6 Å². The van der Waals surface area contributed by atoms with Gasteiger partial charge in [-0.25, -0.2) is 8.37 Å². The van der Waals surface area contributed by atoms with E-state index in [-0.39, 0.29) is 57.5 Å². The summed E-state index contributed by atoms with van der Waals surface area (Å²) >= 11 is 0. The number of ether oxygens (including phenoxy) is 16. The fourth-order valence-corrected chi connectivity index (χ4v) is 16.0. The number of aliphatic hydroxyl groups is 11. The van der Waals surface area contributed by atoms with Crippen molar-refractivity contribution < 1.29 is 185 Å². The van der Waals surface area contributed by atoms with E-state index >= 15 is 0 Å². The molecule has 10 rings (SSSR count). The van der Waals surface area contributed by atoms with Gasteiger partial charge in [-0.05, 0) is 43.2 Å². The highest BCUT2D eigenvalue weighted by Gasteiger charge is 2.56. The maximum absolute atomic E-state index is 13.5. The minimum Gasteiger partial charge on any atom is -0.394 e. The molecule has 682 valence electrons. The van der Waals surface area contributed by atoms with Crippen molar-refractivity contribution in [2.75, 3.05) is 59.5 Å². The molecule has 8 aliphatic heterocycles.